The standard InChI is InChI=1S/C25H26N2O5S/c1-29-15-16-30-21-13-11-19(12-14-21)26-25(33)27-24(28)22-9-5-6-10-23(22)32-18-17-31-20-7-3-2-4-8-20/h2-14H,15-18H2,1H3,(H2,26,27,28,33). The highest BCUT2D eigenvalue weighted by atomic mass is 32.1. The largest absolute Gasteiger partial charge is 0.491 e. The Bertz CT molecular complexity index is 1030. The van der Waals surface area contributed by atoms with E-state index in [1.165, 1.54) is 0 Å². The predicted molar refractivity (Wildman–Crippen MR) is 131 cm³/mol. The monoisotopic (exact) mass is 466 g/mol. The molecule has 8 heteroatoms. The van der Waals surface area contributed by atoms with Crippen LogP contribution in [0.3, 0.4) is 0 Å². The molecule has 0 spiro atoms. The molecule has 1 amide bonds. The number of hydrogen-bond donors (Lipinski definition) is 2. The zero-order valence-electron chi connectivity index (χ0n) is 18.3. The first kappa shape index (κ1) is 24.0. The van der Waals surface area contributed by atoms with E-state index in [-0.39, 0.29) is 11.0 Å². The Morgan fingerprint density at radius 2 is 1.36 bits per heavy atom. The van der Waals surface area contributed by atoms with Gasteiger partial charge in [-0.25, -0.2) is 0 Å². The lowest BCUT2D eigenvalue weighted by molar-refractivity contribution is 0.0972. The molecule has 0 aliphatic rings. The lowest BCUT2D eigenvalue weighted by Gasteiger charge is -2.14. The van der Waals surface area contributed by atoms with Crippen molar-refractivity contribution in [2.24, 2.45) is 0 Å². The molecule has 0 bridgehead atoms. The second-order valence-electron chi connectivity index (χ2n) is 6.78. The van der Waals surface area contributed by atoms with Crippen molar-refractivity contribution in [3.8, 4) is 17.2 Å². The summed E-state index contributed by atoms with van der Waals surface area (Å²) in [5.74, 6) is 1.56. The van der Waals surface area contributed by atoms with Crippen LogP contribution < -0.4 is 24.8 Å². The maximum absolute atomic E-state index is 12.7. The van der Waals surface area contributed by atoms with E-state index in [1.54, 1.807) is 31.4 Å². The van der Waals surface area contributed by atoms with Crippen LogP contribution in [0.15, 0.2) is 78.9 Å². The molecule has 0 atom stereocenters. The molecule has 0 unspecified atom stereocenters. The summed E-state index contributed by atoms with van der Waals surface area (Å²) in [5, 5.41) is 5.84. The van der Waals surface area contributed by atoms with E-state index in [2.05, 4.69) is 10.6 Å². The molecule has 3 rings (SSSR count). The summed E-state index contributed by atoms with van der Waals surface area (Å²) in [5.41, 5.74) is 1.10. The third-order valence-corrected chi connectivity index (χ3v) is 4.58. The number of anilines is 1. The van der Waals surface area contributed by atoms with Gasteiger partial charge in [-0.05, 0) is 60.7 Å². The summed E-state index contributed by atoms with van der Waals surface area (Å²) in [7, 11) is 1.62. The Kier molecular flexibility index (Phi) is 9.50. The summed E-state index contributed by atoms with van der Waals surface area (Å²) in [4.78, 5) is 12.7. The fourth-order valence-corrected chi connectivity index (χ4v) is 3.03. The number of ether oxygens (including phenoxy) is 4. The van der Waals surface area contributed by atoms with Gasteiger partial charge in [0.1, 0.15) is 37.1 Å². The molecule has 3 aromatic rings. The average Bonchev–Trinajstić information content (AvgIpc) is 2.84. The zero-order valence-corrected chi connectivity index (χ0v) is 19.1. The van der Waals surface area contributed by atoms with Crippen LogP contribution in [0.1, 0.15) is 10.4 Å². The van der Waals surface area contributed by atoms with Crippen LogP contribution in [0.25, 0.3) is 0 Å². The molecule has 0 saturated carbocycles. The first-order chi connectivity index (χ1) is 16.2. The number of amides is 1. The quantitative estimate of drug-likeness (QED) is 0.322. The fraction of sp³-hybridized carbons (Fsp3) is 0.200. The molecular formula is C25H26N2O5S. The first-order valence-corrected chi connectivity index (χ1v) is 10.8. The normalized spacial score (nSPS) is 10.2. The number of hydrogen-bond acceptors (Lipinski definition) is 6. The maximum atomic E-state index is 12.7. The van der Waals surface area contributed by atoms with Gasteiger partial charge in [-0.3, -0.25) is 10.1 Å². The molecule has 0 aliphatic carbocycles. The molecule has 0 fully saturated rings. The highest BCUT2D eigenvalue weighted by Gasteiger charge is 2.14. The SMILES string of the molecule is COCCOc1ccc(NC(=S)NC(=O)c2ccccc2OCCOc2ccccc2)cc1. The van der Waals surface area contributed by atoms with Gasteiger partial charge in [0, 0.05) is 12.8 Å². The van der Waals surface area contributed by atoms with Crippen molar-refractivity contribution in [2.45, 2.75) is 0 Å². The van der Waals surface area contributed by atoms with E-state index in [9.17, 15) is 4.79 Å². The van der Waals surface area contributed by atoms with E-state index >= 15 is 0 Å². The van der Waals surface area contributed by atoms with Crippen LogP contribution in [0, 0.1) is 0 Å². The number of carbonyl (C=O) groups excluding carboxylic acids is 1. The first-order valence-electron chi connectivity index (χ1n) is 10.4. The molecule has 0 aromatic heterocycles. The van der Waals surface area contributed by atoms with Crippen LogP contribution in [-0.4, -0.2) is 44.6 Å². The molecule has 0 saturated heterocycles. The Balaban J connectivity index is 1.48. The van der Waals surface area contributed by atoms with Gasteiger partial charge in [-0.1, -0.05) is 30.3 Å². The number of thiocarbonyl (C=S) groups is 1. The van der Waals surface area contributed by atoms with Crippen molar-refractivity contribution in [2.75, 3.05) is 38.9 Å². The molecule has 0 radical (unpaired) electrons. The van der Waals surface area contributed by atoms with Gasteiger partial charge in [0.05, 0.1) is 12.2 Å². The minimum atomic E-state index is -0.369. The molecule has 3 aromatic carbocycles. The van der Waals surface area contributed by atoms with Crippen molar-refractivity contribution in [3.63, 3.8) is 0 Å². The Hall–Kier alpha value is -3.62. The van der Waals surface area contributed by atoms with Crippen LogP contribution in [0.2, 0.25) is 0 Å². The number of nitrogens with one attached hydrogen (secondary N) is 2. The van der Waals surface area contributed by atoms with Gasteiger partial charge in [-0.15, -0.1) is 0 Å². The van der Waals surface area contributed by atoms with Crippen LogP contribution >= 0.6 is 12.2 Å². The molecule has 33 heavy (non-hydrogen) atoms. The van der Waals surface area contributed by atoms with E-state index in [1.807, 2.05) is 54.6 Å². The molecule has 172 valence electrons. The summed E-state index contributed by atoms with van der Waals surface area (Å²) >= 11 is 5.28. The van der Waals surface area contributed by atoms with Crippen molar-refractivity contribution in [1.29, 1.82) is 0 Å². The van der Waals surface area contributed by atoms with Gasteiger partial charge in [-0.2, -0.15) is 0 Å². The van der Waals surface area contributed by atoms with E-state index < -0.39 is 0 Å². The Morgan fingerprint density at radius 1 is 0.758 bits per heavy atom. The van der Waals surface area contributed by atoms with Gasteiger partial charge >= 0.3 is 0 Å². The van der Waals surface area contributed by atoms with Crippen LogP contribution in [-0.2, 0) is 4.74 Å². The van der Waals surface area contributed by atoms with Crippen LogP contribution in [0.5, 0.6) is 17.2 Å². The zero-order chi connectivity index (χ0) is 23.3. The summed E-state index contributed by atoms with van der Waals surface area (Å²) in [6, 6.07) is 23.7. The molecule has 0 heterocycles. The minimum absolute atomic E-state index is 0.176. The van der Waals surface area contributed by atoms with Gasteiger partial charge in [0.25, 0.3) is 5.91 Å². The average molecular weight is 467 g/mol. The topological polar surface area (TPSA) is 78.1 Å². The number of rotatable bonds is 11. The highest BCUT2D eigenvalue weighted by molar-refractivity contribution is 7.80. The second-order valence-corrected chi connectivity index (χ2v) is 7.19. The Morgan fingerprint density at radius 3 is 2.09 bits per heavy atom. The highest BCUT2D eigenvalue weighted by Crippen LogP contribution is 2.19. The number of carbonyl (C=O) groups is 1. The smallest absolute Gasteiger partial charge is 0.261 e. The van der Waals surface area contributed by atoms with Crippen molar-refractivity contribution in [1.82, 2.24) is 5.32 Å². The maximum Gasteiger partial charge on any atom is 0.261 e. The lowest BCUT2D eigenvalue weighted by atomic mass is 10.2. The van der Waals surface area contributed by atoms with Crippen molar-refractivity contribution in [3.05, 3.63) is 84.4 Å². The lowest BCUT2D eigenvalue weighted by Crippen LogP contribution is -2.34. The molecule has 7 nitrogen and oxygen atoms in total. The third-order valence-electron chi connectivity index (χ3n) is 4.38. The Labute approximate surface area is 198 Å². The van der Waals surface area contributed by atoms with Crippen LogP contribution in [0.4, 0.5) is 5.69 Å². The van der Waals surface area contributed by atoms with Gasteiger partial charge in [0.15, 0.2) is 5.11 Å². The summed E-state index contributed by atoms with van der Waals surface area (Å²) < 4.78 is 21.9. The van der Waals surface area contributed by atoms with Crippen molar-refractivity contribution < 1.29 is 23.7 Å². The fourth-order valence-electron chi connectivity index (χ4n) is 2.82. The molecule has 0 aliphatic heterocycles. The van der Waals surface area contributed by atoms with E-state index in [4.69, 9.17) is 31.2 Å². The number of para-hydroxylation sites is 2. The molecule has 2 N–H and O–H groups in total. The number of benzene rings is 3. The minimum Gasteiger partial charge on any atom is -0.491 e. The van der Waals surface area contributed by atoms with E-state index in [0.29, 0.717) is 37.7 Å². The predicted octanol–water partition coefficient (Wildman–Crippen LogP) is 4.30. The second kappa shape index (κ2) is 13.0. The van der Waals surface area contributed by atoms with Gasteiger partial charge in [0.2, 0.25) is 0 Å². The third kappa shape index (κ3) is 8.10. The van der Waals surface area contributed by atoms with E-state index in [0.717, 1.165) is 17.2 Å². The summed E-state index contributed by atoms with van der Waals surface area (Å²) in [6.45, 7) is 1.63. The van der Waals surface area contributed by atoms with Crippen molar-refractivity contribution >= 4 is 28.9 Å². The van der Waals surface area contributed by atoms with Gasteiger partial charge < -0.3 is 24.3 Å². The molecular weight excluding hydrogens is 440 g/mol. The summed E-state index contributed by atoms with van der Waals surface area (Å²) in [6.07, 6.45) is 0. The number of methoxy groups -OCH3 is 1.